The summed E-state index contributed by atoms with van der Waals surface area (Å²) < 4.78 is 31.8. The molecule has 6 heteroatoms. The van der Waals surface area contributed by atoms with Crippen molar-refractivity contribution in [3.05, 3.63) is 65.7 Å². The van der Waals surface area contributed by atoms with Gasteiger partial charge < -0.3 is 9.84 Å². The predicted octanol–water partition coefficient (Wildman–Crippen LogP) is 2.47. The Hall–Kier alpha value is -2.31. The first kappa shape index (κ1) is 15.6. The van der Waals surface area contributed by atoms with E-state index in [2.05, 4.69) is 5.32 Å². The van der Waals surface area contributed by atoms with Crippen LogP contribution in [0, 0.1) is 11.6 Å². The second-order valence-corrected chi connectivity index (χ2v) is 5.44. The molecule has 0 radical (unpaired) electrons. The molecule has 1 aliphatic carbocycles. The monoisotopic (exact) mass is 319 g/mol. The van der Waals surface area contributed by atoms with Crippen LogP contribution in [0.3, 0.4) is 0 Å². The molecule has 4 nitrogen and oxygen atoms in total. The van der Waals surface area contributed by atoms with Gasteiger partial charge in [-0.1, -0.05) is 36.4 Å². The number of aliphatic hydroxyl groups is 1. The molecule has 1 aliphatic rings. The normalized spacial score (nSPS) is 16.7. The fourth-order valence-corrected chi connectivity index (χ4v) is 2.20. The summed E-state index contributed by atoms with van der Waals surface area (Å²) in [5, 5.41) is 13.6. The summed E-state index contributed by atoms with van der Waals surface area (Å²) in [7, 11) is 0. The zero-order chi connectivity index (χ0) is 16.4. The molecule has 0 heterocycles. The predicted molar refractivity (Wildman–Crippen MR) is 78.5 cm³/mol. The van der Waals surface area contributed by atoms with E-state index in [1.54, 1.807) is 30.3 Å². The van der Waals surface area contributed by atoms with Crippen LogP contribution in [-0.4, -0.2) is 17.1 Å². The Kier molecular flexibility index (Phi) is 4.11. The lowest BCUT2D eigenvalue weighted by Gasteiger charge is -2.27. The number of hydrogen-bond donors (Lipinski definition) is 2. The lowest BCUT2D eigenvalue weighted by Crippen LogP contribution is -2.52. The number of carbonyl (C=O) groups excluding carboxylic acids is 1. The van der Waals surface area contributed by atoms with Crippen LogP contribution in [-0.2, 0) is 10.5 Å². The van der Waals surface area contributed by atoms with Crippen LogP contribution in [0.2, 0.25) is 0 Å². The molecule has 2 aromatic rings. The topological polar surface area (TPSA) is 58.6 Å². The fourth-order valence-electron chi connectivity index (χ4n) is 2.20. The second-order valence-electron chi connectivity index (χ2n) is 5.44. The lowest BCUT2D eigenvalue weighted by atomic mass is 10.0. The average molecular weight is 319 g/mol. The van der Waals surface area contributed by atoms with Gasteiger partial charge in [0.05, 0.1) is 0 Å². The third-order valence-corrected chi connectivity index (χ3v) is 3.60. The number of ether oxygens (including phenoxy) is 1. The number of carbonyl (C=O) groups is 1. The summed E-state index contributed by atoms with van der Waals surface area (Å²) in [6, 6.07) is 11.4. The Bertz CT molecular complexity index is 719. The number of hydrogen-bond acceptors (Lipinski definition) is 4. The average Bonchev–Trinajstić information content (AvgIpc) is 3.36. The molecule has 0 bridgehead atoms. The van der Waals surface area contributed by atoms with Gasteiger partial charge in [-0.15, -0.1) is 0 Å². The Morgan fingerprint density at radius 3 is 2.48 bits per heavy atom. The summed E-state index contributed by atoms with van der Waals surface area (Å²) in [5.74, 6) is -4.08. The first-order chi connectivity index (χ1) is 11.0. The van der Waals surface area contributed by atoms with E-state index in [-0.39, 0.29) is 11.6 Å². The maximum atomic E-state index is 13.7. The van der Waals surface area contributed by atoms with Crippen molar-refractivity contribution in [1.82, 2.24) is 5.32 Å². The Morgan fingerprint density at radius 1 is 1.13 bits per heavy atom. The van der Waals surface area contributed by atoms with Gasteiger partial charge in [0.25, 0.3) is 0 Å². The molecule has 0 spiro atoms. The van der Waals surface area contributed by atoms with Crippen molar-refractivity contribution in [2.24, 2.45) is 0 Å². The Labute approximate surface area is 131 Å². The first-order valence-corrected chi connectivity index (χ1v) is 7.22. The van der Waals surface area contributed by atoms with E-state index in [1.807, 2.05) is 0 Å². The highest BCUT2D eigenvalue weighted by Gasteiger charge is 2.44. The van der Waals surface area contributed by atoms with Crippen molar-refractivity contribution in [3.63, 3.8) is 0 Å². The minimum atomic E-state index is -2.12. The largest absolute Gasteiger partial charge is 0.420 e. The molecule has 2 aromatic carbocycles. The van der Waals surface area contributed by atoms with E-state index in [9.17, 15) is 18.7 Å². The van der Waals surface area contributed by atoms with Gasteiger partial charge in [0.2, 0.25) is 11.5 Å². The number of rotatable bonds is 5. The SMILES string of the molecule is O=C(Oc1cccc(F)c1F)[C@@](O)(NC1CC1)c1ccccc1. The van der Waals surface area contributed by atoms with E-state index < -0.39 is 29.1 Å². The van der Waals surface area contributed by atoms with E-state index >= 15 is 0 Å². The molecule has 0 aromatic heterocycles. The molecule has 1 fully saturated rings. The van der Waals surface area contributed by atoms with Crippen molar-refractivity contribution in [2.75, 3.05) is 0 Å². The summed E-state index contributed by atoms with van der Waals surface area (Å²) in [6.45, 7) is 0. The second kappa shape index (κ2) is 6.06. The quantitative estimate of drug-likeness (QED) is 0.505. The molecular weight excluding hydrogens is 304 g/mol. The van der Waals surface area contributed by atoms with Gasteiger partial charge in [-0.2, -0.15) is 4.39 Å². The van der Waals surface area contributed by atoms with E-state index in [0.717, 1.165) is 25.0 Å². The number of nitrogens with one attached hydrogen (secondary N) is 1. The standard InChI is InChI=1S/C17H15F2NO3/c18-13-7-4-8-14(15(13)19)23-16(21)17(22,20-12-9-10-12)11-5-2-1-3-6-11/h1-8,12,20,22H,9-10H2/t17-/m1/s1. The molecule has 0 aliphatic heterocycles. The van der Waals surface area contributed by atoms with Crippen LogP contribution in [0.1, 0.15) is 18.4 Å². The third kappa shape index (κ3) is 3.23. The Morgan fingerprint density at radius 2 is 1.83 bits per heavy atom. The molecule has 0 saturated heterocycles. The molecule has 1 atom stereocenters. The molecule has 0 unspecified atom stereocenters. The van der Waals surface area contributed by atoms with Crippen LogP contribution in [0.4, 0.5) is 8.78 Å². The lowest BCUT2D eigenvalue weighted by molar-refractivity contribution is -0.161. The number of halogens is 2. The van der Waals surface area contributed by atoms with Crippen LogP contribution in [0.25, 0.3) is 0 Å². The van der Waals surface area contributed by atoms with Gasteiger partial charge in [0.1, 0.15) is 0 Å². The van der Waals surface area contributed by atoms with Gasteiger partial charge in [-0.3, -0.25) is 5.32 Å². The maximum absolute atomic E-state index is 13.7. The minimum absolute atomic E-state index is 0.0230. The van der Waals surface area contributed by atoms with Crippen LogP contribution < -0.4 is 10.1 Å². The van der Waals surface area contributed by atoms with Gasteiger partial charge in [-0.05, 0) is 25.0 Å². The van der Waals surface area contributed by atoms with Gasteiger partial charge in [-0.25, -0.2) is 9.18 Å². The molecule has 23 heavy (non-hydrogen) atoms. The molecule has 0 amide bonds. The molecule has 3 rings (SSSR count). The number of esters is 1. The first-order valence-electron chi connectivity index (χ1n) is 7.22. The highest BCUT2D eigenvalue weighted by Crippen LogP contribution is 2.29. The van der Waals surface area contributed by atoms with Crippen LogP contribution in [0.15, 0.2) is 48.5 Å². The third-order valence-electron chi connectivity index (χ3n) is 3.60. The summed E-state index contributed by atoms with van der Waals surface area (Å²) in [4.78, 5) is 12.4. The van der Waals surface area contributed by atoms with Crippen molar-refractivity contribution in [3.8, 4) is 5.75 Å². The minimum Gasteiger partial charge on any atom is -0.420 e. The smallest absolute Gasteiger partial charge is 0.364 e. The molecular formula is C17H15F2NO3. The van der Waals surface area contributed by atoms with Gasteiger partial charge in [0.15, 0.2) is 11.6 Å². The highest BCUT2D eigenvalue weighted by molar-refractivity contribution is 5.82. The summed E-state index contributed by atoms with van der Waals surface area (Å²) >= 11 is 0. The van der Waals surface area contributed by atoms with Crippen molar-refractivity contribution >= 4 is 5.97 Å². The van der Waals surface area contributed by atoms with Gasteiger partial charge in [0, 0.05) is 11.6 Å². The van der Waals surface area contributed by atoms with Crippen LogP contribution >= 0.6 is 0 Å². The van der Waals surface area contributed by atoms with E-state index in [0.29, 0.717) is 0 Å². The van der Waals surface area contributed by atoms with Crippen molar-refractivity contribution in [2.45, 2.75) is 24.6 Å². The van der Waals surface area contributed by atoms with Gasteiger partial charge >= 0.3 is 5.97 Å². The van der Waals surface area contributed by atoms with E-state index in [1.165, 1.54) is 6.07 Å². The zero-order valence-corrected chi connectivity index (χ0v) is 12.1. The summed E-state index contributed by atoms with van der Waals surface area (Å²) in [6.07, 6.45) is 1.63. The zero-order valence-electron chi connectivity index (χ0n) is 12.1. The Balaban J connectivity index is 1.90. The van der Waals surface area contributed by atoms with E-state index in [4.69, 9.17) is 4.74 Å². The molecule has 1 saturated carbocycles. The highest BCUT2D eigenvalue weighted by atomic mass is 19.2. The van der Waals surface area contributed by atoms with Crippen molar-refractivity contribution in [1.29, 1.82) is 0 Å². The fraction of sp³-hybridized carbons (Fsp3) is 0.235. The molecule has 120 valence electrons. The van der Waals surface area contributed by atoms with Crippen LogP contribution in [0.5, 0.6) is 5.75 Å². The maximum Gasteiger partial charge on any atom is 0.364 e. The number of benzene rings is 2. The molecule has 2 N–H and O–H groups in total. The summed E-state index contributed by atoms with van der Waals surface area (Å²) in [5.41, 5.74) is -1.85. The van der Waals surface area contributed by atoms with Crippen molar-refractivity contribution < 1.29 is 23.4 Å².